The van der Waals surface area contributed by atoms with Crippen molar-refractivity contribution in [1.29, 1.82) is 0 Å². The molecule has 194 valence electrons. The summed E-state index contributed by atoms with van der Waals surface area (Å²) in [6, 6.07) is 27.6. The topological polar surface area (TPSA) is 62.1 Å². The molecule has 0 radical (unpaired) electrons. The van der Waals surface area contributed by atoms with Crippen LogP contribution in [0.1, 0.15) is 42.0 Å². The molecular formula is C30H36N3O3S+. The number of quaternary nitrogens is 1. The number of nitrogens with zero attached hydrogens (tertiary/aromatic N) is 2. The highest BCUT2D eigenvalue weighted by Gasteiger charge is 2.41. The Morgan fingerprint density at radius 2 is 1.38 bits per heavy atom. The van der Waals surface area contributed by atoms with Crippen LogP contribution < -0.4 is 4.90 Å². The SMILES string of the molecule is Cc1ccc(S(=O)(=O)N2CCCC[C@@H]2C(=O)N2CC[NH+](C(c3ccccc3)c3ccccc3)CC2)cc1. The lowest BCUT2D eigenvalue weighted by atomic mass is 9.96. The van der Waals surface area contributed by atoms with Gasteiger partial charge in [-0.05, 0) is 31.9 Å². The molecule has 0 saturated carbocycles. The Morgan fingerprint density at radius 1 is 0.811 bits per heavy atom. The summed E-state index contributed by atoms with van der Waals surface area (Å²) in [5, 5.41) is 0. The number of hydrogen-bond acceptors (Lipinski definition) is 3. The fourth-order valence-electron chi connectivity index (χ4n) is 5.75. The summed E-state index contributed by atoms with van der Waals surface area (Å²) >= 11 is 0. The molecule has 1 N–H and O–H groups in total. The maximum Gasteiger partial charge on any atom is 0.243 e. The number of piperazine rings is 1. The Kier molecular flexibility index (Phi) is 7.74. The summed E-state index contributed by atoms with van der Waals surface area (Å²) in [5.74, 6) is -0.0505. The molecule has 0 bridgehead atoms. The van der Waals surface area contributed by atoms with Gasteiger partial charge in [0.1, 0.15) is 12.1 Å². The molecule has 0 aliphatic carbocycles. The van der Waals surface area contributed by atoms with E-state index in [0.717, 1.165) is 31.5 Å². The van der Waals surface area contributed by atoms with Crippen molar-refractivity contribution in [2.45, 2.75) is 43.2 Å². The first kappa shape index (κ1) is 25.6. The molecular weight excluding hydrogens is 482 g/mol. The van der Waals surface area contributed by atoms with Gasteiger partial charge in [-0.2, -0.15) is 4.31 Å². The van der Waals surface area contributed by atoms with Gasteiger partial charge in [-0.25, -0.2) is 8.42 Å². The average Bonchev–Trinajstić information content (AvgIpc) is 2.95. The normalized spacial score (nSPS) is 19.7. The lowest BCUT2D eigenvalue weighted by Gasteiger charge is -2.40. The number of piperidine rings is 1. The van der Waals surface area contributed by atoms with Gasteiger partial charge in [0.25, 0.3) is 0 Å². The van der Waals surface area contributed by atoms with Gasteiger partial charge in [-0.15, -0.1) is 0 Å². The van der Waals surface area contributed by atoms with Crippen molar-refractivity contribution in [2.24, 2.45) is 0 Å². The molecule has 0 unspecified atom stereocenters. The van der Waals surface area contributed by atoms with Crippen LogP contribution in [0, 0.1) is 6.92 Å². The van der Waals surface area contributed by atoms with Gasteiger partial charge in [-0.3, -0.25) is 4.79 Å². The largest absolute Gasteiger partial charge is 0.330 e. The number of nitrogens with one attached hydrogen (secondary N) is 1. The van der Waals surface area contributed by atoms with E-state index >= 15 is 0 Å². The van der Waals surface area contributed by atoms with E-state index in [1.807, 2.05) is 36.1 Å². The first-order valence-electron chi connectivity index (χ1n) is 13.3. The zero-order valence-corrected chi connectivity index (χ0v) is 22.2. The highest BCUT2D eigenvalue weighted by atomic mass is 32.2. The standard InChI is InChI=1S/C30H35N3O3S/c1-24-15-17-27(18-16-24)37(35,36)33-19-9-8-14-28(33)30(34)32-22-20-31(21-23-32)29(25-10-4-2-5-11-25)26-12-6-3-7-13-26/h2-7,10-13,15-18,28-29H,8-9,14,19-23H2,1H3/p+1/t28-/m1/s1. The van der Waals surface area contributed by atoms with Crippen molar-refractivity contribution in [1.82, 2.24) is 9.21 Å². The predicted octanol–water partition coefficient (Wildman–Crippen LogP) is 3.05. The lowest BCUT2D eigenvalue weighted by Crippen LogP contribution is -3.15. The zero-order chi connectivity index (χ0) is 25.8. The Morgan fingerprint density at radius 3 is 1.95 bits per heavy atom. The molecule has 2 fully saturated rings. The number of carbonyl (C=O) groups excluding carboxylic acids is 1. The second-order valence-corrected chi connectivity index (χ2v) is 12.1. The van der Waals surface area contributed by atoms with Crippen molar-refractivity contribution in [3.63, 3.8) is 0 Å². The third kappa shape index (κ3) is 5.49. The number of amides is 1. The summed E-state index contributed by atoms with van der Waals surface area (Å²) < 4.78 is 28.5. The Labute approximate surface area is 220 Å². The highest BCUT2D eigenvalue weighted by Crippen LogP contribution is 2.27. The van der Waals surface area contributed by atoms with E-state index in [9.17, 15) is 13.2 Å². The van der Waals surface area contributed by atoms with Crippen molar-refractivity contribution in [3.8, 4) is 0 Å². The van der Waals surface area contributed by atoms with Crippen LogP contribution in [0.3, 0.4) is 0 Å². The fourth-order valence-corrected chi connectivity index (χ4v) is 7.40. The van der Waals surface area contributed by atoms with Crippen LogP contribution in [-0.4, -0.2) is 62.3 Å². The van der Waals surface area contributed by atoms with Crippen LogP contribution >= 0.6 is 0 Å². The molecule has 3 aromatic carbocycles. The first-order chi connectivity index (χ1) is 17.9. The van der Waals surface area contributed by atoms with Crippen LogP contribution in [0.5, 0.6) is 0 Å². The van der Waals surface area contributed by atoms with Crippen LogP contribution in [0.4, 0.5) is 0 Å². The fraction of sp³-hybridized carbons (Fsp3) is 0.367. The summed E-state index contributed by atoms with van der Waals surface area (Å²) in [5.41, 5.74) is 3.55. The van der Waals surface area contributed by atoms with E-state index in [0.29, 0.717) is 26.1 Å². The molecule has 37 heavy (non-hydrogen) atoms. The number of aryl methyl sites for hydroxylation is 1. The third-order valence-electron chi connectivity index (χ3n) is 7.76. The number of carbonyl (C=O) groups is 1. The van der Waals surface area contributed by atoms with Crippen molar-refractivity contribution in [2.75, 3.05) is 32.7 Å². The Hall–Kier alpha value is -3.00. The number of rotatable bonds is 6. The summed E-state index contributed by atoms with van der Waals surface area (Å²) in [6.45, 7) is 5.21. The average molecular weight is 519 g/mol. The third-order valence-corrected chi connectivity index (χ3v) is 9.68. The van der Waals surface area contributed by atoms with Crippen molar-refractivity contribution < 1.29 is 18.1 Å². The molecule has 1 atom stereocenters. The van der Waals surface area contributed by atoms with Crippen LogP contribution in [-0.2, 0) is 14.8 Å². The zero-order valence-electron chi connectivity index (χ0n) is 21.4. The number of hydrogen-bond donors (Lipinski definition) is 1. The van der Waals surface area contributed by atoms with E-state index in [-0.39, 0.29) is 16.8 Å². The second-order valence-electron chi connectivity index (χ2n) is 10.2. The van der Waals surface area contributed by atoms with Gasteiger partial charge in [0.2, 0.25) is 15.9 Å². The maximum absolute atomic E-state index is 13.7. The molecule has 3 aromatic rings. The summed E-state index contributed by atoms with van der Waals surface area (Å²) in [6.07, 6.45) is 2.22. The van der Waals surface area contributed by atoms with Crippen LogP contribution in [0.2, 0.25) is 0 Å². The van der Waals surface area contributed by atoms with Gasteiger partial charge in [-0.1, -0.05) is 84.8 Å². The van der Waals surface area contributed by atoms with Crippen LogP contribution in [0.25, 0.3) is 0 Å². The van der Waals surface area contributed by atoms with Gasteiger partial charge in [0, 0.05) is 17.7 Å². The highest BCUT2D eigenvalue weighted by molar-refractivity contribution is 7.89. The molecule has 2 aliphatic heterocycles. The summed E-state index contributed by atoms with van der Waals surface area (Å²) in [7, 11) is -3.73. The predicted molar refractivity (Wildman–Crippen MR) is 145 cm³/mol. The molecule has 1 amide bonds. The molecule has 2 aliphatic rings. The molecule has 6 nitrogen and oxygen atoms in total. The number of sulfonamides is 1. The Bertz CT molecular complexity index is 1250. The minimum atomic E-state index is -3.73. The van der Waals surface area contributed by atoms with Crippen molar-refractivity contribution in [3.05, 3.63) is 102 Å². The van der Waals surface area contributed by atoms with E-state index in [1.54, 1.807) is 12.1 Å². The van der Waals surface area contributed by atoms with E-state index in [1.165, 1.54) is 20.3 Å². The van der Waals surface area contributed by atoms with Gasteiger partial charge in [0.05, 0.1) is 31.1 Å². The van der Waals surface area contributed by atoms with Crippen molar-refractivity contribution >= 4 is 15.9 Å². The quantitative estimate of drug-likeness (QED) is 0.546. The van der Waals surface area contributed by atoms with Crippen LogP contribution in [0.15, 0.2) is 89.8 Å². The molecule has 5 rings (SSSR count). The minimum absolute atomic E-state index is 0.0505. The smallest absolute Gasteiger partial charge is 0.243 e. The number of benzene rings is 3. The lowest BCUT2D eigenvalue weighted by molar-refractivity contribution is -0.929. The molecule has 2 saturated heterocycles. The van der Waals surface area contributed by atoms with E-state index in [2.05, 4.69) is 48.5 Å². The van der Waals surface area contributed by atoms with E-state index in [4.69, 9.17) is 0 Å². The van der Waals surface area contributed by atoms with Gasteiger partial charge < -0.3 is 9.80 Å². The molecule has 0 aromatic heterocycles. The second kappa shape index (κ2) is 11.2. The van der Waals surface area contributed by atoms with E-state index < -0.39 is 16.1 Å². The minimum Gasteiger partial charge on any atom is -0.330 e. The van der Waals surface area contributed by atoms with Gasteiger partial charge in [0.15, 0.2) is 0 Å². The monoisotopic (exact) mass is 518 g/mol. The molecule has 2 heterocycles. The maximum atomic E-state index is 13.7. The molecule has 0 spiro atoms. The Balaban J connectivity index is 1.32. The molecule has 7 heteroatoms. The first-order valence-corrected chi connectivity index (χ1v) is 14.7. The van der Waals surface area contributed by atoms with Gasteiger partial charge >= 0.3 is 0 Å². The summed E-state index contributed by atoms with van der Waals surface area (Å²) in [4.78, 5) is 17.3.